The molecule has 1 saturated heterocycles. The third-order valence-corrected chi connectivity index (χ3v) is 3.38. The van der Waals surface area contributed by atoms with E-state index in [0.29, 0.717) is 18.1 Å². The maximum absolute atomic E-state index is 11.9. The molecule has 17 heavy (non-hydrogen) atoms. The summed E-state index contributed by atoms with van der Waals surface area (Å²) in [5, 5.41) is 13.9. The van der Waals surface area contributed by atoms with E-state index >= 15 is 0 Å². The van der Waals surface area contributed by atoms with Crippen LogP contribution in [0.5, 0.6) is 0 Å². The summed E-state index contributed by atoms with van der Waals surface area (Å²) in [5.74, 6) is -0.945. The van der Waals surface area contributed by atoms with Crippen LogP contribution >= 0.6 is 11.3 Å². The van der Waals surface area contributed by atoms with E-state index in [0.717, 1.165) is 12.8 Å². The van der Waals surface area contributed by atoms with Crippen molar-refractivity contribution in [1.29, 1.82) is 0 Å². The Morgan fingerprint density at radius 2 is 2.35 bits per heavy atom. The summed E-state index contributed by atoms with van der Waals surface area (Å²) >= 11 is 1.31. The molecule has 2 rings (SSSR count). The number of nitrogens with zero attached hydrogens (tertiary/aromatic N) is 2. The highest BCUT2D eigenvalue weighted by Crippen LogP contribution is 2.19. The first kappa shape index (κ1) is 11.8. The number of aromatic nitrogens is 1. The van der Waals surface area contributed by atoms with Gasteiger partial charge < -0.3 is 10.0 Å². The second-order valence-corrected chi connectivity index (χ2v) is 4.71. The van der Waals surface area contributed by atoms with Crippen LogP contribution in [-0.4, -0.2) is 39.6 Å². The fourth-order valence-electron chi connectivity index (χ4n) is 1.88. The third kappa shape index (κ3) is 2.73. The van der Waals surface area contributed by atoms with Crippen molar-refractivity contribution < 1.29 is 14.7 Å². The van der Waals surface area contributed by atoms with E-state index in [2.05, 4.69) is 10.3 Å². The van der Waals surface area contributed by atoms with Crippen molar-refractivity contribution in [2.75, 3.05) is 11.9 Å². The number of carbonyl (C=O) groups is 2. The number of urea groups is 1. The molecule has 1 fully saturated rings. The molecule has 0 bridgehead atoms. The van der Waals surface area contributed by atoms with Gasteiger partial charge in [0.15, 0.2) is 5.13 Å². The molecule has 1 aliphatic heterocycles. The van der Waals surface area contributed by atoms with Crippen molar-refractivity contribution >= 4 is 28.5 Å². The largest absolute Gasteiger partial charge is 0.480 e. The standard InChI is InChI=1S/C10H13N3O3S/c14-8(15)7-3-1-2-5-13(7)10(16)12-9-11-4-6-17-9/h4,6-7H,1-3,5H2,(H,14,15)(H,11,12,16). The summed E-state index contributed by atoms with van der Waals surface area (Å²) in [5.41, 5.74) is 0. The Hall–Kier alpha value is -1.63. The van der Waals surface area contributed by atoms with Crippen molar-refractivity contribution in [3.8, 4) is 0 Å². The van der Waals surface area contributed by atoms with E-state index in [1.54, 1.807) is 11.6 Å². The minimum absolute atomic E-state index is 0.382. The first-order valence-corrected chi connectivity index (χ1v) is 6.26. The Morgan fingerprint density at radius 1 is 1.53 bits per heavy atom. The lowest BCUT2D eigenvalue weighted by Crippen LogP contribution is -2.49. The molecular weight excluding hydrogens is 242 g/mol. The van der Waals surface area contributed by atoms with Gasteiger partial charge in [-0.1, -0.05) is 0 Å². The predicted molar refractivity (Wildman–Crippen MR) is 63.1 cm³/mol. The molecule has 1 aromatic heterocycles. The number of likely N-dealkylation sites (tertiary alicyclic amines) is 1. The number of aliphatic carboxylic acids is 1. The molecule has 1 unspecified atom stereocenters. The molecule has 0 radical (unpaired) electrons. The Bertz CT molecular complexity index is 407. The Morgan fingerprint density at radius 3 is 3.00 bits per heavy atom. The lowest BCUT2D eigenvalue weighted by Gasteiger charge is -2.32. The maximum Gasteiger partial charge on any atom is 0.326 e. The van der Waals surface area contributed by atoms with Gasteiger partial charge in [-0.2, -0.15) is 0 Å². The molecule has 0 spiro atoms. The first-order valence-electron chi connectivity index (χ1n) is 5.38. The number of anilines is 1. The normalized spacial score (nSPS) is 20.0. The Kier molecular flexibility index (Phi) is 3.58. The molecule has 2 amide bonds. The van der Waals surface area contributed by atoms with Gasteiger partial charge >= 0.3 is 12.0 Å². The lowest BCUT2D eigenvalue weighted by atomic mass is 10.0. The summed E-state index contributed by atoms with van der Waals surface area (Å²) in [4.78, 5) is 28.2. The van der Waals surface area contributed by atoms with Crippen molar-refractivity contribution in [2.24, 2.45) is 0 Å². The number of carboxylic acid groups (broad SMARTS) is 1. The van der Waals surface area contributed by atoms with Crippen LogP contribution in [0.15, 0.2) is 11.6 Å². The van der Waals surface area contributed by atoms with Crippen LogP contribution in [0.25, 0.3) is 0 Å². The van der Waals surface area contributed by atoms with E-state index in [9.17, 15) is 9.59 Å². The first-order chi connectivity index (χ1) is 8.18. The smallest absolute Gasteiger partial charge is 0.326 e. The fraction of sp³-hybridized carbons (Fsp3) is 0.500. The minimum atomic E-state index is -0.945. The predicted octanol–water partition coefficient (Wildman–Crippen LogP) is 1.61. The topological polar surface area (TPSA) is 82.5 Å². The molecule has 1 aliphatic rings. The van der Waals surface area contributed by atoms with E-state index in [-0.39, 0.29) is 6.03 Å². The van der Waals surface area contributed by atoms with Crippen molar-refractivity contribution in [1.82, 2.24) is 9.88 Å². The van der Waals surface area contributed by atoms with Gasteiger partial charge in [-0.25, -0.2) is 14.6 Å². The van der Waals surface area contributed by atoms with E-state index in [4.69, 9.17) is 5.11 Å². The van der Waals surface area contributed by atoms with Crippen molar-refractivity contribution in [3.63, 3.8) is 0 Å². The zero-order chi connectivity index (χ0) is 12.3. The van der Waals surface area contributed by atoms with Gasteiger partial charge in [0.1, 0.15) is 6.04 Å². The van der Waals surface area contributed by atoms with Crippen LogP contribution in [-0.2, 0) is 4.79 Å². The number of carbonyl (C=O) groups excluding carboxylic acids is 1. The third-order valence-electron chi connectivity index (χ3n) is 2.69. The molecule has 0 aliphatic carbocycles. The van der Waals surface area contributed by atoms with Crippen LogP contribution in [0, 0.1) is 0 Å². The van der Waals surface area contributed by atoms with Crippen LogP contribution in [0.4, 0.5) is 9.93 Å². The molecule has 1 atom stereocenters. The lowest BCUT2D eigenvalue weighted by molar-refractivity contribution is -0.143. The molecule has 92 valence electrons. The molecule has 7 heteroatoms. The number of thiazole rings is 1. The summed E-state index contributed by atoms with van der Waals surface area (Å²) in [6.07, 6.45) is 3.79. The maximum atomic E-state index is 11.9. The van der Waals surface area contributed by atoms with E-state index in [1.165, 1.54) is 16.2 Å². The van der Waals surface area contributed by atoms with Crippen molar-refractivity contribution in [3.05, 3.63) is 11.6 Å². The molecular formula is C10H13N3O3S. The number of amides is 2. The summed E-state index contributed by atoms with van der Waals surface area (Å²) < 4.78 is 0. The second-order valence-electron chi connectivity index (χ2n) is 3.81. The van der Waals surface area contributed by atoms with Gasteiger partial charge in [0, 0.05) is 18.1 Å². The van der Waals surface area contributed by atoms with Gasteiger partial charge in [-0.05, 0) is 19.3 Å². The number of nitrogens with one attached hydrogen (secondary N) is 1. The van der Waals surface area contributed by atoms with Crippen LogP contribution in [0.3, 0.4) is 0 Å². The zero-order valence-electron chi connectivity index (χ0n) is 9.13. The fourth-order valence-corrected chi connectivity index (χ4v) is 2.40. The number of hydrogen-bond acceptors (Lipinski definition) is 4. The van der Waals surface area contributed by atoms with Gasteiger partial charge in [0.25, 0.3) is 0 Å². The van der Waals surface area contributed by atoms with Gasteiger partial charge in [-0.3, -0.25) is 5.32 Å². The quantitative estimate of drug-likeness (QED) is 0.841. The number of hydrogen-bond donors (Lipinski definition) is 2. The number of rotatable bonds is 2. The summed E-state index contributed by atoms with van der Waals surface area (Å²) in [6, 6.07) is -1.10. The SMILES string of the molecule is O=C(O)C1CCCCN1C(=O)Nc1nccs1. The second kappa shape index (κ2) is 5.13. The van der Waals surface area contributed by atoms with Crippen LogP contribution in [0.1, 0.15) is 19.3 Å². The van der Waals surface area contributed by atoms with Gasteiger partial charge in [0.2, 0.25) is 0 Å². The average Bonchev–Trinajstić information content (AvgIpc) is 2.81. The highest BCUT2D eigenvalue weighted by Gasteiger charge is 2.32. The van der Waals surface area contributed by atoms with E-state index in [1.807, 2.05) is 0 Å². The summed E-state index contributed by atoms with van der Waals surface area (Å²) in [6.45, 7) is 0.480. The highest BCUT2D eigenvalue weighted by atomic mass is 32.1. The molecule has 0 aromatic carbocycles. The minimum Gasteiger partial charge on any atom is -0.480 e. The summed E-state index contributed by atoms with van der Waals surface area (Å²) in [7, 11) is 0. The molecule has 2 heterocycles. The Labute approximate surface area is 102 Å². The highest BCUT2D eigenvalue weighted by molar-refractivity contribution is 7.13. The van der Waals surface area contributed by atoms with Gasteiger partial charge in [-0.15, -0.1) is 11.3 Å². The molecule has 0 saturated carbocycles. The van der Waals surface area contributed by atoms with Crippen molar-refractivity contribution in [2.45, 2.75) is 25.3 Å². The van der Waals surface area contributed by atoms with E-state index < -0.39 is 12.0 Å². The molecule has 2 N–H and O–H groups in total. The van der Waals surface area contributed by atoms with Crippen LogP contribution < -0.4 is 5.32 Å². The average molecular weight is 255 g/mol. The Balaban J connectivity index is 2.03. The number of piperidine rings is 1. The monoisotopic (exact) mass is 255 g/mol. The zero-order valence-corrected chi connectivity index (χ0v) is 9.94. The van der Waals surface area contributed by atoms with Crippen LogP contribution in [0.2, 0.25) is 0 Å². The number of carboxylic acids is 1. The molecule has 1 aromatic rings. The van der Waals surface area contributed by atoms with Gasteiger partial charge in [0.05, 0.1) is 0 Å². The molecule has 6 nitrogen and oxygen atoms in total.